The van der Waals surface area contributed by atoms with Crippen molar-refractivity contribution < 1.29 is 13.2 Å². The lowest BCUT2D eigenvalue weighted by Crippen LogP contribution is -2.37. The summed E-state index contributed by atoms with van der Waals surface area (Å²) in [5, 5.41) is 0. The highest BCUT2D eigenvalue weighted by atomic mass is 19.4. The van der Waals surface area contributed by atoms with Crippen molar-refractivity contribution in [3.63, 3.8) is 0 Å². The lowest BCUT2D eigenvalue weighted by atomic mass is 10.1. The van der Waals surface area contributed by atoms with E-state index in [4.69, 9.17) is 5.73 Å². The number of hydrogen-bond acceptors (Lipinski definition) is 2. The lowest BCUT2D eigenvalue weighted by molar-refractivity contribution is -0.149. The Morgan fingerprint density at radius 1 is 1.40 bits per heavy atom. The predicted octanol–water partition coefficient (Wildman–Crippen LogP) is 2.29. The largest absolute Gasteiger partial charge is 0.403 e. The van der Waals surface area contributed by atoms with Gasteiger partial charge in [-0.05, 0) is 30.9 Å². The van der Waals surface area contributed by atoms with Gasteiger partial charge < -0.3 is 5.73 Å². The van der Waals surface area contributed by atoms with E-state index in [1.807, 2.05) is 6.07 Å². The minimum absolute atomic E-state index is 0.0433. The van der Waals surface area contributed by atoms with Gasteiger partial charge in [0.25, 0.3) is 0 Å². The Hall–Kier alpha value is -1.10. The molecule has 2 N–H and O–H groups in total. The highest BCUT2D eigenvalue weighted by molar-refractivity contribution is 5.08. The molecular weight excluding hydrogens is 205 g/mol. The Morgan fingerprint density at radius 2 is 2.13 bits per heavy atom. The van der Waals surface area contributed by atoms with E-state index in [9.17, 15) is 13.2 Å². The molecule has 1 aromatic rings. The Morgan fingerprint density at radius 3 is 2.67 bits per heavy atom. The maximum absolute atomic E-state index is 12.0. The fraction of sp³-hybridized carbons (Fsp3) is 0.500. The molecule has 0 radical (unpaired) electrons. The van der Waals surface area contributed by atoms with Crippen LogP contribution in [0.5, 0.6) is 0 Å². The summed E-state index contributed by atoms with van der Waals surface area (Å²) in [6.45, 7) is 0. The van der Waals surface area contributed by atoms with Crippen LogP contribution in [0.2, 0.25) is 0 Å². The number of nitrogens with zero attached hydrogens (tertiary/aromatic N) is 1. The highest BCUT2D eigenvalue weighted by Gasteiger charge is 2.35. The Labute approximate surface area is 86.3 Å². The van der Waals surface area contributed by atoms with Crippen LogP contribution in [0.4, 0.5) is 13.2 Å². The number of nitrogens with two attached hydrogens (primary N) is 1. The van der Waals surface area contributed by atoms with Gasteiger partial charge in [-0.2, -0.15) is 13.2 Å². The number of aryl methyl sites for hydroxylation is 1. The van der Waals surface area contributed by atoms with Crippen molar-refractivity contribution in [1.29, 1.82) is 0 Å². The van der Waals surface area contributed by atoms with Crippen molar-refractivity contribution in [2.75, 3.05) is 0 Å². The molecule has 0 aliphatic carbocycles. The minimum Gasteiger partial charge on any atom is -0.320 e. The third kappa shape index (κ3) is 4.29. The topological polar surface area (TPSA) is 38.9 Å². The van der Waals surface area contributed by atoms with Crippen molar-refractivity contribution in [2.24, 2.45) is 5.73 Å². The zero-order valence-corrected chi connectivity index (χ0v) is 8.17. The van der Waals surface area contributed by atoms with E-state index in [0.29, 0.717) is 12.8 Å². The second-order valence-electron chi connectivity index (χ2n) is 3.40. The number of pyridine rings is 1. The molecular formula is C10H13F3N2. The van der Waals surface area contributed by atoms with Crippen LogP contribution in [-0.4, -0.2) is 17.2 Å². The molecule has 1 rings (SSSR count). The van der Waals surface area contributed by atoms with Crippen molar-refractivity contribution in [3.8, 4) is 0 Å². The normalized spacial score (nSPS) is 13.9. The molecule has 0 aliphatic heterocycles. The van der Waals surface area contributed by atoms with E-state index in [2.05, 4.69) is 4.98 Å². The Balaban J connectivity index is 2.28. The van der Waals surface area contributed by atoms with E-state index in [0.717, 1.165) is 5.56 Å². The van der Waals surface area contributed by atoms with Crippen LogP contribution in [0.1, 0.15) is 18.4 Å². The maximum Gasteiger partial charge on any atom is 0.403 e. The number of halogens is 3. The van der Waals surface area contributed by atoms with E-state index in [-0.39, 0.29) is 6.42 Å². The smallest absolute Gasteiger partial charge is 0.320 e. The van der Waals surface area contributed by atoms with Crippen LogP contribution in [0.3, 0.4) is 0 Å². The number of rotatable bonds is 4. The van der Waals surface area contributed by atoms with Crippen molar-refractivity contribution >= 4 is 0 Å². The SMILES string of the molecule is NC(CCCc1cccnc1)C(F)(F)F. The molecule has 1 unspecified atom stereocenters. The van der Waals surface area contributed by atoms with Gasteiger partial charge in [0.05, 0.1) is 0 Å². The van der Waals surface area contributed by atoms with Gasteiger partial charge in [-0.15, -0.1) is 0 Å². The molecule has 1 aromatic heterocycles. The summed E-state index contributed by atoms with van der Waals surface area (Å²) in [5.74, 6) is 0. The second kappa shape index (κ2) is 5.11. The zero-order chi connectivity index (χ0) is 11.3. The van der Waals surface area contributed by atoms with Gasteiger partial charge in [-0.25, -0.2) is 0 Å². The molecule has 0 bridgehead atoms. The summed E-state index contributed by atoms with van der Waals surface area (Å²) < 4.78 is 36.1. The maximum atomic E-state index is 12.0. The second-order valence-corrected chi connectivity index (χ2v) is 3.40. The van der Waals surface area contributed by atoms with Crippen LogP contribution in [0, 0.1) is 0 Å². The molecule has 5 heteroatoms. The first-order valence-corrected chi connectivity index (χ1v) is 4.71. The standard InChI is InChI=1S/C10H13F3N2/c11-10(12,13)9(14)5-1-3-8-4-2-6-15-7-8/h2,4,6-7,9H,1,3,5,14H2. The van der Waals surface area contributed by atoms with E-state index >= 15 is 0 Å². The Kier molecular flexibility index (Phi) is 4.08. The summed E-state index contributed by atoms with van der Waals surface area (Å²) in [7, 11) is 0. The summed E-state index contributed by atoms with van der Waals surface area (Å²) in [5.41, 5.74) is 5.91. The van der Waals surface area contributed by atoms with Gasteiger partial charge in [0.2, 0.25) is 0 Å². The summed E-state index contributed by atoms with van der Waals surface area (Å²) in [4.78, 5) is 3.88. The average molecular weight is 218 g/mol. The minimum atomic E-state index is -4.28. The monoisotopic (exact) mass is 218 g/mol. The van der Waals surface area contributed by atoms with Gasteiger partial charge >= 0.3 is 6.18 Å². The van der Waals surface area contributed by atoms with Gasteiger partial charge in [0.15, 0.2) is 0 Å². The molecule has 15 heavy (non-hydrogen) atoms. The van der Waals surface area contributed by atoms with E-state index < -0.39 is 12.2 Å². The van der Waals surface area contributed by atoms with Crippen LogP contribution < -0.4 is 5.73 Å². The first-order valence-electron chi connectivity index (χ1n) is 4.71. The van der Waals surface area contributed by atoms with E-state index in [1.165, 1.54) is 0 Å². The third-order valence-corrected chi connectivity index (χ3v) is 2.12. The number of hydrogen-bond donors (Lipinski definition) is 1. The molecule has 0 fully saturated rings. The molecule has 0 aromatic carbocycles. The molecule has 1 atom stereocenters. The van der Waals surface area contributed by atoms with Crippen molar-refractivity contribution in [2.45, 2.75) is 31.5 Å². The Bertz CT molecular complexity index is 284. The predicted molar refractivity (Wildman–Crippen MR) is 51.2 cm³/mol. The van der Waals surface area contributed by atoms with Crippen LogP contribution >= 0.6 is 0 Å². The van der Waals surface area contributed by atoms with Gasteiger partial charge in [0, 0.05) is 12.4 Å². The van der Waals surface area contributed by atoms with Gasteiger partial charge in [-0.3, -0.25) is 4.98 Å². The van der Waals surface area contributed by atoms with Crippen molar-refractivity contribution in [1.82, 2.24) is 4.98 Å². The molecule has 0 aliphatic rings. The average Bonchev–Trinajstić information content (AvgIpc) is 2.18. The lowest BCUT2D eigenvalue weighted by Gasteiger charge is -2.14. The first kappa shape index (κ1) is 12.0. The van der Waals surface area contributed by atoms with Crippen LogP contribution in [0.25, 0.3) is 0 Å². The summed E-state index contributed by atoms with van der Waals surface area (Å²) >= 11 is 0. The van der Waals surface area contributed by atoms with Crippen molar-refractivity contribution in [3.05, 3.63) is 30.1 Å². The van der Waals surface area contributed by atoms with E-state index in [1.54, 1.807) is 18.5 Å². The molecule has 84 valence electrons. The third-order valence-electron chi connectivity index (χ3n) is 2.12. The molecule has 0 amide bonds. The molecule has 0 saturated carbocycles. The molecule has 0 saturated heterocycles. The van der Waals surface area contributed by atoms with Gasteiger partial charge in [0.1, 0.15) is 6.04 Å². The summed E-state index contributed by atoms with van der Waals surface area (Å²) in [6.07, 6.45) is -0.0403. The quantitative estimate of drug-likeness (QED) is 0.842. The molecule has 0 spiro atoms. The fourth-order valence-corrected chi connectivity index (χ4v) is 1.24. The summed E-state index contributed by atoms with van der Waals surface area (Å²) in [6, 6.07) is 1.89. The zero-order valence-electron chi connectivity index (χ0n) is 8.17. The van der Waals surface area contributed by atoms with Crippen LogP contribution in [-0.2, 0) is 6.42 Å². The fourth-order valence-electron chi connectivity index (χ4n) is 1.24. The first-order chi connectivity index (χ1) is 7.00. The molecule has 1 heterocycles. The van der Waals surface area contributed by atoms with Crippen LogP contribution in [0.15, 0.2) is 24.5 Å². The highest BCUT2D eigenvalue weighted by Crippen LogP contribution is 2.22. The number of aromatic nitrogens is 1. The van der Waals surface area contributed by atoms with Gasteiger partial charge in [-0.1, -0.05) is 6.07 Å². The molecule has 2 nitrogen and oxygen atoms in total. The number of alkyl halides is 3.